The van der Waals surface area contributed by atoms with Crippen LogP contribution in [0.4, 0.5) is 0 Å². The molecule has 2 nitrogen and oxygen atoms in total. The minimum absolute atomic E-state index is 0.569. The molecule has 34 valence electrons. The first kappa shape index (κ1) is 4.12. The molecule has 0 spiro atoms. The summed E-state index contributed by atoms with van der Waals surface area (Å²) in [7, 11) is 0. The maximum Gasteiger partial charge on any atom is 0.289 e. The molecule has 0 aliphatic heterocycles. The van der Waals surface area contributed by atoms with Crippen LogP contribution in [-0.4, -0.2) is 0 Å². The lowest BCUT2D eigenvalue weighted by Crippen LogP contribution is -2.23. The predicted molar refractivity (Wildman–Crippen MR) is 23.1 cm³/mol. The Labute approximate surface area is 41.6 Å². The van der Waals surface area contributed by atoms with E-state index < -0.39 is 0 Å². The third-order valence-corrected chi connectivity index (χ3v) is 0.573. The summed E-state index contributed by atoms with van der Waals surface area (Å²) in [5.41, 5.74) is 0. The van der Waals surface area contributed by atoms with Crippen molar-refractivity contribution in [2.45, 2.75) is 0 Å². The summed E-state index contributed by atoms with van der Waals surface area (Å²) in [5.74, 6) is 0. The molecule has 0 atom stereocenters. The number of hydrogen-bond acceptors (Lipinski definition) is 1. The van der Waals surface area contributed by atoms with Crippen LogP contribution in [0.2, 0.25) is 0 Å². The standard InChI is InChI=1S/C5H3NO/c7-6-4-2-1-3-5-6/h1-2,5H. The Hall–Kier alpha value is -1.05. The van der Waals surface area contributed by atoms with Gasteiger partial charge in [0.15, 0.2) is 6.20 Å². The van der Waals surface area contributed by atoms with Crippen molar-refractivity contribution < 1.29 is 4.73 Å². The second kappa shape index (κ2) is 1.60. The predicted octanol–water partition coefficient (Wildman–Crippen LogP) is -0.0796. The van der Waals surface area contributed by atoms with E-state index in [2.05, 4.69) is 12.3 Å². The molecule has 0 aliphatic rings. The SMILES string of the molecule is [O-][n+]1[c]cc[c]c1. The van der Waals surface area contributed by atoms with E-state index in [0.717, 1.165) is 0 Å². The monoisotopic (exact) mass is 93.0 g/mol. The summed E-state index contributed by atoms with van der Waals surface area (Å²) in [5, 5.41) is 10.1. The highest BCUT2D eigenvalue weighted by molar-refractivity contribution is 4.80. The smallest absolute Gasteiger partial charge is 0.289 e. The summed E-state index contributed by atoms with van der Waals surface area (Å²) >= 11 is 0. The molecule has 0 fully saturated rings. The van der Waals surface area contributed by atoms with Crippen LogP contribution in [0.25, 0.3) is 0 Å². The molecule has 1 heterocycles. The van der Waals surface area contributed by atoms with E-state index in [1.807, 2.05) is 0 Å². The second-order valence-corrected chi connectivity index (χ2v) is 1.08. The first-order chi connectivity index (χ1) is 3.39. The van der Waals surface area contributed by atoms with Crippen molar-refractivity contribution in [2.75, 3.05) is 0 Å². The maximum atomic E-state index is 10.1. The van der Waals surface area contributed by atoms with Crippen molar-refractivity contribution in [1.82, 2.24) is 0 Å². The average Bonchev–Trinajstić information content (AvgIpc) is 1.69. The van der Waals surface area contributed by atoms with E-state index in [4.69, 9.17) is 0 Å². The van der Waals surface area contributed by atoms with Crippen molar-refractivity contribution in [3.8, 4) is 0 Å². The maximum absolute atomic E-state index is 10.1. The van der Waals surface area contributed by atoms with Crippen LogP contribution in [0.5, 0.6) is 0 Å². The van der Waals surface area contributed by atoms with E-state index in [-0.39, 0.29) is 0 Å². The molecule has 0 aliphatic carbocycles. The van der Waals surface area contributed by atoms with E-state index in [0.29, 0.717) is 4.73 Å². The highest BCUT2D eigenvalue weighted by Gasteiger charge is 1.78. The fourth-order valence-electron chi connectivity index (χ4n) is 0.307. The van der Waals surface area contributed by atoms with Gasteiger partial charge in [0.2, 0.25) is 0 Å². The average molecular weight is 93.1 g/mol. The van der Waals surface area contributed by atoms with Gasteiger partial charge in [-0.25, -0.2) is 0 Å². The number of aromatic nitrogens is 1. The molecule has 7 heavy (non-hydrogen) atoms. The molecule has 0 amide bonds. The third kappa shape index (κ3) is 0.892. The topological polar surface area (TPSA) is 26.9 Å². The summed E-state index contributed by atoms with van der Waals surface area (Å²) in [6.45, 7) is 0. The van der Waals surface area contributed by atoms with Crippen LogP contribution < -0.4 is 4.73 Å². The van der Waals surface area contributed by atoms with Crippen molar-refractivity contribution in [2.24, 2.45) is 0 Å². The van der Waals surface area contributed by atoms with Crippen molar-refractivity contribution in [3.63, 3.8) is 0 Å². The zero-order valence-electron chi connectivity index (χ0n) is 3.59. The summed E-state index contributed by atoms with van der Waals surface area (Å²) in [6.07, 6.45) is 3.62. The van der Waals surface area contributed by atoms with Crippen LogP contribution >= 0.6 is 0 Å². The lowest BCUT2D eigenvalue weighted by molar-refractivity contribution is -0.610. The molecule has 2 radical (unpaired) electrons. The lowest BCUT2D eigenvalue weighted by Gasteiger charge is -1.85. The molecule has 0 saturated heterocycles. The van der Waals surface area contributed by atoms with Gasteiger partial charge in [0.05, 0.1) is 6.07 Å². The lowest BCUT2D eigenvalue weighted by atomic mass is 10.5. The van der Waals surface area contributed by atoms with Crippen molar-refractivity contribution >= 4 is 0 Å². The second-order valence-electron chi connectivity index (χ2n) is 1.08. The van der Waals surface area contributed by atoms with Crippen LogP contribution in [0.1, 0.15) is 0 Å². The van der Waals surface area contributed by atoms with Crippen LogP contribution in [0.15, 0.2) is 18.3 Å². The van der Waals surface area contributed by atoms with Crippen LogP contribution in [-0.2, 0) is 0 Å². The third-order valence-electron chi connectivity index (χ3n) is 0.573. The zero-order chi connectivity index (χ0) is 5.11. The Morgan fingerprint density at radius 1 is 1.43 bits per heavy atom. The van der Waals surface area contributed by atoms with E-state index in [9.17, 15) is 5.21 Å². The van der Waals surface area contributed by atoms with Gasteiger partial charge in [-0.15, -0.1) is 0 Å². The van der Waals surface area contributed by atoms with Crippen LogP contribution in [0, 0.1) is 17.5 Å². The largest absolute Gasteiger partial charge is 0.618 e. The van der Waals surface area contributed by atoms with E-state index in [1.165, 1.54) is 12.3 Å². The van der Waals surface area contributed by atoms with Gasteiger partial charge in [-0.1, -0.05) is 0 Å². The highest BCUT2D eigenvalue weighted by Crippen LogP contribution is 1.69. The Bertz CT molecular complexity index is 138. The Morgan fingerprint density at radius 3 is 2.57 bits per heavy atom. The molecule has 0 N–H and O–H groups in total. The first-order valence-electron chi connectivity index (χ1n) is 1.86. The zero-order valence-corrected chi connectivity index (χ0v) is 3.59. The van der Waals surface area contributed by atoms with E-state index >= 15 is 0 Å². The molecule has 0 unspecified atom stereocenters. The summed E-state index contributed by atoms with van der Waals surface area (Å²) < 4.78 is 0.569. The van der Waals surface area contributed by atoms with Gasteiger partial charge in [0.25, 0.3) is 6.20 Å². The minimum atomic E-state index is 0.569. The molecule has 1 aromatic heterocycles. The fraction of sp³-hybridized carbons (Fsp3) is 0. The van der Waals surface area contributed by atoms with Crippen molar-refractivity contribution in [3.05, 3.63) is 35.8 Å². The minimum Gasteiger partial charge on any atom is -0.618 e. The molecule has 1 rings (SSSR count). The summed E-state index contributed by atoms with van der Waals surface area (Å²) in [6, 6.07) is 5.71. The Balaban J connectivity index is 3.02. The molecule has 1 aromatic rings. The molecule has 0 bridgehead atoms. The molecular formula is C5H3NO. The van der Waals surface area contributed by atoms with Gasteiger partial charge in [0.1, 0.15) is 0 Å². The fourth-order valence-corrected chi connectivity index (χ4v) is 0.307. The first-order valence-corrected chi connectivity index (χ1v) is 1.86. The quantitative estimate of drug-likeness (QED) is 0.325. The van der Waals surface area contributed by atoms with Gasteiger partial charge in [-0.2, -0.15) is 4.73 Å². The molecule has 0 aromatic carbocycles. The normalized spacial score (nSPS) is 8.57. The number of rotatable bonds is 0. The van der Waals surface area contributed by atoms with Gasteiger partial charge in [0, 0.05) is 6.07 Å². The van der Waals surface area contributed by atoms with Crippen LogP contribution in [0.3, 0.4) is 0 Å². The van der Waals surface area contributed by atoms with Crippen molar-refractivity contribution in [1.29, 1.82) is 0 Å². The van der Waals surface area contributed by atoms with Gasteiger partial charge < -0.3 is 5.21 Å². The molecular weight excluding hydrogens is 90.1 g/mol. The van der Waals surface area contributed by atoms with Gasteiger partial charge in [-0.05, 0) is 6.07 Å². The Morgan fingerprint density at radius 2 is 2.29 bits per heavy atom. The number of hydrogen-bond donors (Lipinski definition) is 0. The van der Waals surface area contributed by atoms with Gasteiger partial charge >= 0.3 is 0 Å². The van der Waals surface area contributed by atoms with Gasteiger partial charge in [-0.3, -0.25) is 0 Å². The number of pyridine rings is 1. The van der Waals surface area contributed by atoms with E-state index in [1.54, 1.807) is 6.07 Å². The summed E-state index contributed by atoms with van der Waals surface area (Å²) in [4.78, 5) is 0. The molecule has 2 heteroatoms. The molecule has 0 saturated carbocycles. The number of nitrogens with zero attached hydrogens (tertiary/aromatic N) is 1. The highest BCUT2D eigenvalue weighted by atomic mass is 16.5. The Kier molecular flexibility index (Phi) is 0.941.